The van der Waals surface area contributed by atoms with E-state index < -0.39 is 0 Å². The summed E-state index contributed by atoms with van der Waals surface area (Å²) >= 11 is 6.02. The summed E-state index contributed by atoms with van der Waals surface area (Å²) < 4.78 is 0. The number of anilines is 1. The molecule has 1 aromatic rings. The third kappa shape index (κ3) is 5.68. The molecular weight excluding hydrogens is 272 g/mol. The first-order chi connectivity index (χ1) is 9.43. The Morgan fingerprint density at radius 3 is 2.10 bits per heavy atom. The zero-order valence-electron chi connectivity index (χ0n) is 13.1. The molecule has 0 aliphatic carbocycles. The van der Waals surface area contributed by atoms with Crippen LogP contribution in [0.4, 0.5) is 5.82 Å². The summed E-state index contributed by atoms with van der Waals surface area (Å²) in [6.45, 7) is 10.8. The van der Waals surface area contributed by atoms with Gasteiger partial charge in [0, 0.05) is 13.1 Å². The minimum absolute atomic E-state index is 0.116. The van der Waals surface area contributed by atoms with E-state index in [0.717, 1.165) is 31.7 Å². The minimum Gasteiger partial charge on any atom is -0.390 e. The van der Waals surface area contributed by atoms with Gasteiger partial charge in [-0.2, -0.15) is 0 Å². The second kappa shape index (κ2) is 8.48. The van der Waals surface area contributed by atoms with Crippen LogP contribution in [0.25, 0.3) is 0 Å². The van der Waals surface area contributed by atoms with Crippen molar-refractivity contribution in [1.29, 1.82) is 0 Å². The summed E-state index contributed by atoms with van der Waals surface area (Å²) in [5, 5.41) is 9.83. The minimum atomic E-state index is -0.116. The first kappa shape index (κ1) is 17.3. The van der Waals surface area contributed by atoms with Crippen LogP contribution in [0.1, 0.15) is 46.2 Å². The van der Waals surface area contributed by atoms with Crippen molar-refractivity contribution in [2.45, 2.75) is 47.1 Å². The third-order valence-corrected chi connectivity index (χ3v) is 3.67. The van der Waals surface area contributed by atoms with E-state index in [4.69, 9.17) is 11.6 Å². The number of aliphatic hydroxyl groups excluding tert-OH is 1. The van der Waals surface area contributed by atoms with Crippen LogP contribution in [0.15, 0.2) is 12.1 Å². The fourth-order valence-electron chi connectivity index (χ4n) is 1.93. The van der Waals surface area contributed by atoms with Gasteiger partial charge in [0.2, 0.25) is 0 Å². The van der Waals surface area contributed by atoms with E-state index in [-0.39, 0.29) is 6.61 Å². The summed E-state index contributed by atoms with van der Waals surface area (Å²) in [7, 11) is 0. The van der Waals surface area contributed by atoms with Crippen molar-refractivity contribution < 1.29 is 5.11 Å². The highest BCUT2D eigenvalue weighted by Crippen LogP contribution is 2.21. The number of nitrogens with zero attached hydrogens (tertiary/aromatic N) is 2. The predicted molar refractivity (Wildman–Crippen MR) is 86.3 cm³/mol. The molecule has 0 radical (unpaired) electrons. The molecule has 0 bridgehead atoms. The van der Waals surface area contributed by atoms with Crippen LogP contribution in [0.2, 0.25) is 5.02 Å². The molecule has 3 nitrogen and oxygen atoms in total. The van der Waals surface area contributed by atoms with Gasteiger partial charge in [-0.1, -0.05) is 39.3 Å². The van der Waals surface area contributed by atoms with Crippen molar-refractivity contribution in [2.24, 2.45) is 11.8 Å². The molecule has 1 aromatic heterocycles. The molecule has 1 rings (SSSR count). The zero-order valence-corrected chi connectivity index (χ0v) is 13.8. The lowest BCUT2D eigenvalue weighted by molar-refractivity contribution is 0.277. The Kier molecular flexibility index (Phi) is 7.31. The average Bonchev–Trinajstić information content (AvgIpc) is 2.39. The van der Waals surface area contributed by atoms with Gasteiger partial charge in [-0.3, -0.25) is 0 Å². The van der Waals surface area contributed by atoms with E-state index in [9.17, 15) is 5.11 Å². The Labute approximate surface area is 128 Å². The van der Waals surface area contributed by atoms with Crippen molar-refractivity contribution in [3.05, 3.63) is 22.8 Å². The van der Waals surface area contributed by atoms with E-state index in [1.165, 1.54) is 0 Å². The molecule has 4 heteroatoms. The maximum Gasteiger partial charge on any atom is 0.129 e. The number of hydrogen-bond acceptors (Lipinski definition) is 3. The molecule has 0 atom stereocenters. The van der Waals surface area contributed by atoms with Crippen molar-refractivity contribution in [3.63, 3.8) is 0 Å². The van der Waals surface area contributed by atoms with Crippen LogP contribution in [-0.4, -0.2) is 23.2 Å². The van der Waals surface area contributed by atoms with Gasteiger partial charge in [0.25, 0.3) is 0 Å². The molecule has 1 N–H and O–H groups in total. The monoisotopic (exact) mass is 298 g/mol. The van der Waals surface area contributed by atoms with Gasteiger partial charge in [0.15, 0.2) is 0 Å². The lowest BCUT2D eigenvalue weighted by atomic mass is 10.1. The van der Waals surface area contributed by atoms with Crippen molar-refractivity contribution in [1.82, 2.24) is 4.98 Å². The molecule has 0 unspecified atom stereocenters. The second-order valence-corrected chi connectivity index (χ2v) is 6.52. The Balaban J connectivity index is 2.84. The highest BCUT2D eigenvalue weighted by molar-refractivity contribution is 6.31. The van der Waals surface area contributed by atoms with Gasteiger partial charge < -0.3 is 10.0 Å². The predicted octanol–water partition coefficient (Wildman–Crippen LogP) is 4.13. The van der Waals surface area contributed by atoms with E-state index in [1.807, 2.05) is 12.1 Å². The fourth-order valence-corrected chi connectivity index (χ4v) is 2.09. The topological polar surface area (TPSA) is 36.4 Å². The SMILES string of the molecule is CC(C)CCN(CCC(C)C)c1ccc(Cl)c(CO)n1. The number of aliphatic hydroxyl groups is 1. The highest BCUT2D eigenvalue weighted by atomic mass is 35.5. The molecule has 0 saturated heterocycles. The van der Waals surface area contributed by atoms with Crippen LogP contribution in [0.5, 0.6) is 0 Å². The zero-order chi connectivity index (χ0) is 15.1. The lowest BCUT2D eigenvalue weighted by Gasteiger charge is -2.26. The molecule has 0 saturated carbocycles. The van der Waals surface area contributed by atoms with Gasteiger partial charge in [-0.25, -0.2) is 4.98 Å². The third-order valence-electron chi connectivity index (χ3n) is 3.33. The number of rotatable bonds is 8. The normalized spacial score (nSPS) is 11.4. The molecule has 0 fully saturated rings. The molecule has 20 heavy (non-hydrogen) atoms. The smallest absolute Gasteiger partial charge is 0.129 e. The lowest BCUT2D eigenvalue weighted by Crippen LogP contribution is -2.28. The first-order valence-electron chi connectivity index (χ1n) is 7.45. The summed E-state index contributed by atoms with van der Waals surface area (Å²) in [4.78, 5) is 6.79. The van der Waals surface area contributed by atoms with Crippen molar-refractivity contribution >= 4 is 17.4 Å². The molecule has 0 amide bonds. The highest BCUT2D eigenvalue weighted by Gasteiger charge is 2.12. The quantitative estimate of drug-likeness (QED) is 0.784. The van der Waals surface area contributed by atoms with E-state index in [1.54, 1.807) is 0 Å². The summed E-state index contributed by atoms with van der Waals surface area (Å²) in [5.74, 6) is 2.25. The Morgan fingerprint density at radius 1 is 1.10 bits per heavy atom. The molecule has 0 spiro atoms. The van der Waals surface area contributed by atoms with Gasteiger partial charge in [0.05, 0.1) is 17.3 Å². The fraction of sp³-hybridized carbons (Fsp3) is 0.688. The number of halogens is 1. The molecule has 0 aromatic carbocycles. The van der Waals surface area contributed by atoms with E-state index >= 15 is 0 Å². The summed E-state index contributed by atoms with van der Waals surface area (Å²) in [6.07, 6.45) is 2.27. The largest absolute Gasteiger partial charge is 0.390 e. The van der Waals surface area contributed by atoms with Crippen LogP contribution >= 0.6 is 11.6 Å². The maximum absolute atomic E-state index is 9.30. The molecule has 1 heterocycles. The van der Waals surface area contributed by atoms with Crippen molar-refractivity contribution in [2.75, 3.05) is 18.0 Å². The number of pyridine rings is 1. The Bertz CT molecular complexity index is 395. The standard InChI is InChI=1S/C16H27ClN2O/c1-12(2)7-9-19(10-8-13(3)4)16-6-5-14(17)15(11-20)18-16/h5-6,12-13,20H,7-11H2,1-4H3. The van der Waals surface area contributed by atoms with Gasteiger partial charge in [-0.05, 0) is 36.8 Å². The summed E-state index contributed by atoms with van der Waals surface area (Å²) in [6, 6.07) is 3.77. The first-order valence-corrected chi connectivity index (χ1v) is 7.83. The second-order valence-electron chi connectivity index (χ2n) is 6.11. The summed E-state index contributed by atoms with van der Waals surface area (Å²) in [5.41, 5.74) is 0.559. The number of hydrogen-bond donors (Lipinski definition) is 1. The molecular formula is C16H27ClN2O. The average molecular weight is 299 g/mol. The van der Waals surface area contributed by atoms with Crippen LogP contribution in [0, 0.1) is 11.8 Å². The van der Waals surface area contributed by atoms with Gasteiger partial charge in [0.1, 0.15) is 5.82 Å². The van der Waals surface area contributed by atoms with E-state index in [2.05, 4.69) is 37.6 Å². The molecule has 0 aliphatic rings. The van der Waals surface area contributed by atoms with Crippen LogP contribution in [-0.2, 0) is 6.61 Å². The van der Waals surface area contributed by atoms with Crippen molar-refractivity contribution in [3.8, 4) is 0 Å². The van der Waals surface area contributed by atoms with Gasteiger partial charge >= 0.3 is 0 Å². The molecule has 114 valence electrons. The van der Waals surface area contributed by atoms with Gasteiger partial charge in [-0.15, -0.1) is 0 Å². The maximum atomic E-state index is 9.30. The Morgan fingerprint density at radius 2 is 1.65 bits per heavy atom. The molecule has 0 aliphatic heterocycles. The van der Waals surface area contributed by atoms with Crippen LogP contribution in [0.3, 0.4) is 0 Å². The Hall–Kier alpha value is -0.800. The number of aromatic nitrogens is 1. The van der Waals surface area contributed by atoms with E-state index in [0.29, 0.717) is 22.6 Å². The van der Waals surface area contributed by atoms with Crippen LogP contribution < -0.4 is 4.90 Å².